The molecule has 96 valence electrons. The maximum Gasteiger partial charge on any atom is 0.126 e. The van der Waals surface area contributed by atoms with Gasteiger partial charge in [-0.2, -0.15) is 0 Å². The standard InChI is InChI=1S/C14H19N3O/c1-9(2)8-17-13-6-5-11(18-4)7-12(13)16-14(17)10(3)15/h5-7,10H,1,8,15H2,2-4H3. The minimum Gasteiger partial charge on any atom is -0.497 e. The van der Waals surface area contributed by atoms with E-state index in [-0.39, 0.29) is 6.04 Å². The number of fused-ring (bicyclic) bond motifs is 1. The normalized spacial score (nSPS) is 12.7. The number of hydrogen-bond donors (Lipinski definition) is 1. The summed E-state index contributed by atoms with van der Waals surface area (Å²) in [5.41, 5.74) is 9.02. The van der Waals surface area contributed by atoms with Crippen LogP contribution in [0.4, 0.5) is 0 Å². The molecule has 0 saturated carbocycles. The molecule has 0 aliphatic carbocycles. The number of imidazole rings is 1. The second-order valence-corrected chi connectivity index (χ2v) is 4.66. The van der Waals surface area contributed by atoms with Gasteiger partial charge in [-0.05, 0) is 26.0 Å². The Morgan fingerprint density at radius 1 is 1.56 bits per heavy atom. The van der Waals surface area contributed by atoms with Crippen molar-refractivity contribution in [3.8, 4) is 5.75 Å². The fraction of sp³-hybridized carbons (Fsp3) is 0.357. The van der Waals surface area contributed by atoms with Gasteiger partial charge >= 0.3 is 0 Å². The summed E-state index contributed by atoms with van der Waals surface area (Å²) in [4.78, 5) is 4.59. The zero-order chi connectivity index (χ0) is 13.3. The Hall–Kier alpha value is -1.81. The Kier molecular flexibility index (Phi) is 3.39. The van der Waals surface area contributed by atoms with E-state index in [1.165, 1.54) is 0 Å². The van der Waals surface area contributed by atoms with Gasteiger partial charge < -0.3 is 15.0 Å². The Labute approximate surface area is 107 Å². The van der Waals surface area contributed by atoms with Gasteiger partial charge in [-0.15, -0.1) is 0 Å². The van der Waals surface area contributed by atoms with Crippen LogP contribution in [0, 0.1) is 0 Å². The Morgan fingerprint density at radius 2 is 2.28 bits per heavy atom. The minimum absolute atomic E-state index is 0.109. The summed E-state index contributed by atoms with van der Waals surface area (Å²) in [6.45, 7) is 8.63. The van der Waals surface area contributed by atoms with Gasteiger partial charge in [0.05, 0.1) is 24.2 Å². The van der Waals surface area contributed by atoms with Crippen LogP contribution in [0.15, 0.2) is 30.4 Å². The Bertz CT molecular complexity index is 584. The van der Waals surface area contributed by atoms with Crippen molar-refractivity contribution in [3.05, 3.63) is 36.2 Å². The molecule has 1 aromatic heterocycles. The molecular formula is C14H19N3O. The van der Waals surface area contributed by atoms with Crippen molar-refractivity contribution in [3.63, 3.8) is 0 Å². The van der Waals surface area contributed by atoms with Gasteiger partial charge in [0.25, 0.3) is 0 Å². The van der Waals surface area contributed by atoms with Crippen LogP contribution in [0.3, 0.4) is 0 Å². The summed E-state index contributed by atoms with van der Waals surface area (Å²) in [5.74, 6) is 1.68. The van der Waals surface area contributed by atoms with Crippen LogP contribution >= 0.6 is 0 Å². The molecule has 2 rings (SSSR count). The third-order valence-electron chi connectivity index (χ3n) is 2.82. The molecule has 4 heteroatoms. The molecule has 18 heavy (non-hydrogen) atoms. The summed E-state index contributed by atoms with van der Waals surface area (Å²) >= 11 is 0. The maximum absolute atomic E-state index is 5.98. The molecule has 1 aromatic carbocycles. The van der Waals surface area contributed by atoms with Crippen molar-refractivity contribution >= 4 is 11.0 Å². The van der Waals surface area contributed by atoms with Crippen molar-refractivity contribution in [1.29, 1.82) is 0 Å². The first kappa shape index (κ1) is 12.6. The van der Waals surface area contributed by atoms with Crippen molar-refractivity contribution < 1.29 is 4.74 Å². The molecule has 1 heterocycles. The maximum atomic E-state index is 5.98. The number of allylic oxidation sites excluding steroid dienone is 1. The molecule has 0 radical (unpaired) electrons. The van der Waals surface area contributed by atoms with Crippen molar-refractivity contribution in [2.24, 2.45) is 5.73 Å². The van der Waals surface area contributed by atoms with Crippen molar-refractivity contribution in [2.45, 2.75) is 26.4 Å². The number of rotatable bonds is 4. The molecule has 2 N–H and O–H groups in total. The topological polar surface area (TPSA) is 53.1 Å². The summed E-state index contributed by atoms with van der Waals surface area (Å²) in [6, 6.07) is 5.76. The lowest BCUT2D eigenvalue weighted by Gasteiger charge is -2.11. The van der Waals surface area contributed by atoms with Crippen LogP contribution in [0.25, 0.3) is 11.0 Å². The molecule has 0 spiro atoms. The highest BCUT2D eigenvalue weighted by atomic mass is 16.5. The van der Waals surface area contributed by atoms with E-state index in [9.17, 15) is 0 Å². The van der Waals surface area contributed by atoms with Gasteiger partial charge in [0.1, 0.15) is 11.6 Å². The monoisotopic (exact) mass is 245 g/mol. The van der Waals surface area contributed by atoms with Gasteiger partial charge in [-0.3, -0.25) is 0 Å². The van der Waals surface area contributed by atoms with Gasteiger partial charge in [0.15, 0.2) is 0 Å². The summed E-state index contributed by atoms with van der Waals surface area (Å²) < 4.78 is 7.33. The van der Waals surface area contributed by atoms with Crippen LogP contribution in [-0.4, -0.2) is 16.7 Å². The summed E-state index contributed by atoms with van der Waals surface area (Å²) in [7, 11) is 1.65. The zero-order valence-corrected chi connectivity index (χ0v) is 11.1. The van der Waals surface area contributed by atoms with Gasteiger partial charge in [-0.1, -0.05) is 12.2 Å². The number of aromatic nitrogens is 2. The number of ether oxygens (including phenoxy) is 1. The molecule has 1 atom stereocenters. The molecule has 2 aromatic rings. The highest BCUT2D eigenvalue weighted by molar-refractivity contribution is 5.78. The van der Waals surface area contributed by atoms with Crippen LogP contribution < -0.4 is 10.5 Å². The molecule has 1 unspecified atom stereocenters. The third kappa shape index (κ3) is 2.24. The van der Waals surface area contributed by atoms with E-state index in [2.05, 4.69) is 16.1 Å². The minimum atomic E-state index is -0.109. The molecule has 0 bridgehead atoms. The lowest BCUT2D eigenvalue weighted by molar-refractivity contribution is 0.415. The number of nitrogens with zero attached hydrogens (tertiary/aromatic N) is 2. The van der Waals surface area contributed by atoms with Crippen LogP contribution in [0.1, 0.15) is 25.7 Å². The molecular weight excluding hydrogens is 226 g/mol. The van der Waals surface area contributed by atoms with Crippen molar-refractivity contribution in [2.75, 3.05) is 7.11 Å². The molecule has 0 fully saturated rings. The van der Waals surface area contributed by atoms with Gasteiger partial charge in [-0.25, -0.2) is 4.98 Å². The fourth-order valence-electron chi connectivity index (χ4n) is 2.04. The fourth-order valence-corrected chi connectivity index (χ4v) is 2.04. The van der Waals surface area contributed by atoms with Crippen LogP contribution in [-0.2, 0) is 6.54 Å². The summed E-state index contributed by atoms with van der Waals surface area (Å²) in [6.07, 6.45) is 0. The van der Waals surface area contributed by atoms with Crippen LogP contribution in [0.5, 0.6) is 5.75 Å². The molecule has 4 nitrogen and oxygen atoms in total. The lowest BCUT2D eigenvalue weighted by atomic mass is 10.2. The van der Waals surface area contributed by atoms with E-state index in [4.69, 9.17) is 10.5 Å². The Balaban J connectivity index is 2.63. The number of methoxy groups -OCH3 is 1. The lowest BCUT2D eigenvalue weighted by Crippen LogP contribution is -2.14. The predicted molar refractivity (Wildman–Crippen MR) is 73.7 cm³/mol. The molecule has 0 amide bonds. The van der Waals surface area contributed by atoms with E-state index in [1.54, 1.807) is 7.11 Å². The largest absolute Gasteiger partial charge is 0.497 e. The smallest absolute Gasteiger partial charge is 0.126 e. The van der Waals surface area contributed by atoms with E-state index in [0.717, 1.165) is 34.7 Å². The van der Waals surface area contributed by atoms with E-state index in [0.29, 0.717) is 0 Å². The molecule has 0 aliphatic heterocycles. The highest BCUT2D eigenvalue weighted by Gasteiger charge is 2.14. The average Bonchev–Trinajstić information content (AvgIpc) is 2.66. The number of nitrogens with two attached hydrogens (primary N) is 1. The van der Waals surface area contributed by atoms with E-state index >= 15 is 0 Å². The number of benzene rings is 1. The molecule has 0 saturated heterocycles. The first-order chi connectivity index (χ1) is 8.52. The molecule has 0 aliphatic rings. The highest BCUT2D eigenvalue weighted by Crippen LogP contribution is 2.24. The second-order valence-electron chi connectivity index (χ2n) is 4.66. The SMILES string of the molecule is C=C(C)Cn1c(C(C)N)nc2cc(OC)ccc21. The second kappa shape index (κ2) is 4.82. The van der Waals surface area contributed by atoms with Gasteiger partial charge in [0.2, 0.25) is 0 Å². The van der Waals surface area contributed by atoms with Crippen molar-refractivity contribution in [1.82, 2.24) is 9.55 Å². The quantitative estimate of drug-likeness (QED) is 0.842. The summed E-state index contributed by atoms with van der Waals surface area (Å²) in [5, 5.41) is 0. The third-order valence-corrected chi connectivity index (χ3v) is 2.82. The van der Waals surface area contributed by atoms with Gasteiger partial charge in [0, 0.05) is 12.6 Å². The average molecular weight is 245 g/mol. The first-order valence-corrected chi connectivity index (χ1v) is 5.97. The van der Waals surface area contributed by atoms with Crippen LogP contribution in [0.2, 0.25) is 0 Å². The predicted octanol–water partition coefficient (Wildman–Crippen LogP) is 2.64. The van der Waals surface area contributed by atoms with E-state index < -0.39 is 0 Å². The van der Waals surface area contributed by atoms with E-state index in [1.807, 2.05) is 32.0 Å². The first-order valence-electron chi connectivity index (χ1n) is 5.97. The zero-order valence-electron chi connectivity index (χ0n) is 11.1. The Morgan fingerprint density at radius 3 is 2.83 bits per heavy atom. The number of hydrogen-bond acceptors (Lipinski definition) is 3.